The standard InChI is InChI=1S/C8H7ClF3NO/c9-6-3-1-2-5(4-14-13)7(6)8(10,11)12/h1-3H,4,13H2. The average molecular weight is 226 g/mol. The van der Waals surface area contributed by atoms with Crippen molar-refractivity contribution in [3.8, 4) is 0 Å². The highest BCUT2D eigenvalue weighted by atomic mass is 35.5. The summed E-state index contributed by atoms with van der Waals surface area (Å²) in [6.07, 6.45) is -4.49. The summed E-state index contributed by atoms with van der Waals surface area (Å²) in [7, 11) is 0. The van der Waals surface area contributed by atoms with Gasteiger partial charge in [0.1, 0.15) is 0 Å². The molecule has 78 valence electrons. The van der Waals surface area contributed by atoms with E-state index in [0.29, 0.717) is 0 Å². The summed E-state index contributed by atoms with van der Waals surface area (Å²) in [5.41, 5.74) is -0.973. The molecule has 0 aliphatic rings. The molecule has 0 atom stereocenters. The molecule has 0 heterocycles. The molecule has 0 fully saturated rings. The van der Waals surface area contributed by atoms with Crippen molar-refractivity contribution in [1.29, 1.82) is 0 Å². The van der Waals surface area contributed by atoms with E-state index in [9.17, 15) is 13.2 Å². The van der Waals surface area contributed by atoms with E-state index in [0.717, 1.165) is 0 Å². The quantitative estimate of drug-likeness (QED) is 0.786. The average Bonchev–Trinajstić information content (AvgIpc) is 2.02. The highest BCUT2D eigenvalue weighted by molar-refractivity contribution is 6.31. The van der Waals surface area contributed by atoms with Crippen molar-refractivity contribution in [2.45, 2.75) is 12.8 Å². The summed E-state index contributed by atoms with van der Waals surface area (Å²) < 4.78 is 37.4. The van der Waals surface area contributed by atoms with Crippen molar-refractivity contribution in [3.63, 3.8) is 0 Å². The SMILES string of the molecule is NOCc1cccc(Cl)c1C(F)(F)F. The number of nitrogens with two attached hydrogens (primary N) is 1. The first-order chi connectivity index (χ1) is 6.46. The van der Waals surface area contributed by atoms with Crippen LogP contribution in [0.15, 0.2) is 18.2 Å². The van der Waals surface area contributed by atoms with Crippen LogP contribution in [0.5, 0.6) is 0 Å². The Hall–Kier alpha value is -0.780. The lowest BCUT2D eigenvalue weighted by Crippen LogP contribution is -2.12. The van der Waals surface area contributed by atoms with Gasteiger partial charge in [0.2, 0.25) is 0 Å². The van der Waals surface area contributed by atoms with Crippen molar-refractivity contribution in [1.82, 2.24) is 0 Å². The molecular weight excluding hydrogens is 219 g/mol. The molecule has 0 unspecified atom stereocenters. The van der Waals surface area contributed by atoms with E-state index in [1.54, 1.807) is 0 Å². The molecule has 6 heteroatoms. The minimum Gasteiger partial charge on any atom is -0.300 e. The maximum absolute atomic E-state index is 12.5. The van der Waals surface area contributed by atoms with Gasteiger partial charge in [-0.25, -0.2) is 5.90 Å². The Balaban J connectivity index is 3.22. The van der Waals surface area contributed by atoms with E-state index in [1.807, 2.05) is 0 Å². The molecule has 0 amide bonds. The molecule has 0 spiro atoms. The fourth-order valence-corrected chi connectivity index (χ4v) is 1.40. The fraction of sp³-hybridized carbons (Fsp3) is 0.250. The van der Waals surface area contributed by atoms with Gasteiger partial charge in [0.05, 0.1) is 17.2 Å². The van der Waals surface area contributed by atoms with Gasteiger partial charge in [-0.2, -0.15) is 13.2 Å². The summed E-state index contributed by atoms with van der Waals surface area (Å²) in [4.78, 5) is 4.16. The first kappa shape index (κ1) is 11.3. The number of rotatable bonds is 2. The van der Waals surface area contributed by atoms with Gasteiger partial charge < -0.3 is 0 Å². The normalized spacial score (nSPS) is 11.8. The Kier molecular flexibility index (Phi) is 3.36. The second-order valence-electron chi connectivity index (χ2n) is 2.58. The van der Waals surface area contributed by atoms with Crippen LogP contribution in [0.2, 0.25) is 5.02 Å². The van der Waals surface area contributed by atoms with Crippen LogP contribution in [0.3, 0.4) is 0 Å². The van der Waals surface area contributed by atoms with Gasteiger partial charge >= 0.3 is 6.18 Å². The largest absolute Gasteiger partial charge is 0.418 e. The summed E-state index contributed by atoms with van der Waals surface area (Å²) in [5, 5.41) is -0.355. The lowest BCUT2D eigenvalue weighted by molar-refractivity contribution is -0.138. The van der Waals surface area contributed by atoms with Crippen molar-refractivity contribution < 1.29 is 18.0 Å². The molecule has 0 saturated heterocycles. The molecule has 1 aromatic carbocycles. The third-order valence-corrected chi connectivity index (χ3v) is 1.94. The Morgan fingerprint density at radius 2 is 2.00 bits per heavy atom. The van der Waals surface area contributed by atoms with Gasteiger partial charge in [0, 0.05) is 0 Å². The number of alkyl halides is 3. The van der Waals surface area contributed by atoms with Crippen LogP contribution in [0.25, 0.3) is 0 Å². The highest BCUT2D eigenvalue weighted by Crippen LogP contribution is 2.37. The first-order valence-electron chi connectivity index (χ1n) is 3.63. The van der Waals surface area contributed by atoms with Gasteiger partial charge in [-0.05, 0) is 11.6 Å². The van der Waals surface area contributed by atoms with E-state index in [4.69, 9.17) is 17.5 Å². The molecule has 0 radical (unpaired) electrons. The molecule has 0 aliphatic carbocycles. The molecule has 0 saturated carbocycles. The van der Waals surface area contributed by atoms with Crippen LogP contribution in [0, 0.1) is 0 Å². The number of hydrogen-bond donors (Lipinski definition) is 1. The second kappa shape index (κ2) is 4.16. The predicted molar refractivity (Wildman–Crippen MR) is 45.4 cm³/mol. The van der Waals surface area contributed by atoms with E-state index in [-0.39, 0.29) is 17.2 Å². The van der Waals surface area contributed by atoms with Crippen LogP contribution < -0.4 is 5.90 Å². The minimum atomic E-state index is -4.49. The zero-order chi connectivity index (χ0) is 10.8. The zero-order valence-electron chi connectivity index (χ0n) is 6.94. The third-order valence-electron chi connectivity index (χ3n) is 1.62. The van der Waals surface area contributed by atoms with E-state index in [2.05, 4.69) is 4.84 Å². The van der Waals surface area contributed by atoms with Crippen molar-refractivity contribution in [2.75, 3.05) is 0 Å². The predicted octanol–water partition coefficient (Wildman–Crippen LogP) is 2.75. The topological polar surface area (TPSA) is 35.2 Å². The highest BCUT2D eigenvalue weighted by Gasteiger charge is 2.35. The molecule has 14 heavy (non-hydrogen) atoms. The van der Waals surface area contributed by atoms with Crippen LogP contribution in [-0.4, -0.2) is 0 Å². The molecule has 0 bridgehead atoms. The Bertz CT molecular complexity index is 327. The molecule has 2 N–H and O–H groups in total. The summed E-state index contributed by atoms with van der Waals surface area (Å²) >= 11 is 5.43. The van der Waals surface area contributed by atoms with Gasteiger partial charge in [-0.15, -0.1) is 0 Å². The summed E-state index contributed by atoms with van der Waals surface area (Å²) in [5.74, 6) is 4.71. The van der Waals surface area contributed by atoms with Crippen LogP contribution >= 0.6 is 11.6 Å². The molecule has 1 rings (SSSR count). The molecule has 0 aromatic heterocycles. The lowest BCUT2D eigenvalue weighted by atomic mass is 10.1. The molecular formula is C8H7ClF3NO. The number of hydrogen-bond acceptors (Lipinski definition) is 2. The fourth-order valence-electron chi connectivity index (χ4n) is 1.10. The number of benzene rings is 1. The van der Waals surface area contributed by atoms with Gasteiger partial charge in [0.25, 0.3) is 0 Å². The van der Waals surface area contributed by atoms with Crippen molar-refractivity contribution >= 4 is 11.6 Å². The Morgan fingerprint density at radius 1 is 1.36 bits per heavy atom. The number of halogens is 4. The molecule has 0 aliphatic heterocycles. The molecule has 2 nitrogen and oxygen atoms in total. The van der Waals surface area contributed by atoms with Crippen LogP contribution in [0.1, 0.15) is 11.1 Å². The first-order valence-corrected chi connectivity index (χ1v) is 4.01. The van der Waals surface area contributed by atoms with Crippen molar-refractivity contribution in [3.05, 3.63) is 34.3 Å². The van der Waals surface area contributed by atoms with E-state index in [1.165, 1.54) is 18.2 Å². The zero-order valence-corrected chi connectivity index (χ0v) is 7.69. The van der Waals surface area contributed by atoms with Gasteiger partial charge in [0.15, 0.2) is 0 Å². The lowest BCUT2D eigenvalue weighted by Gasteiger charge is -2.13. The van der Waals surface area contributed by atoms with Gasteiger partial charge in [-0.3, -0.25) is 4.84 Å². The maximum Gasteiger partial charge on any atom is 0.418 e. The Morgan fingerprint density at radius 3 is 2.50 bits per heavy atom. The minimum absolute atomic E-state index is 0.0764. The maximum atomic E-state index is 12.5. The van der Waals surface area contributed by atoms with Crippen LogP contribution in [0.4, 0.5) is 13.2 Å². The van der Waals surface area contributed by atoms with Crippen molar-refractivity contribution in [2.24, 2.45) is 5.90 Å². The Labute approximate surface area is 83.4 Å². The van der Waals surface area contributed by atoms with E-state index < -0.39 is 11.7 Å². The van der Waals surface area contributed by atoms with E-state index >= 15 is 0 Å². The van der Waals surface area contributed by atoms with Gasteiger partial charge in [-0.1, -0.05) is 23.7 Å². The molecule has 1 aromatic rings. The second-order valence-corrected chi connectivity index (χ2v) is 2.99. The third kappa shape index (κ3) is 2.37. The smallest absolute Gasteiger partial charge is 0.300 e. The van der Waals surface area contributed by atoms with Crippen LogP contribution in [-0.2, 0) is 17.6 Å². The summed E-state index contributed by atoms with van der Waals surface area (Å²) in [6, 6.07) is 3.85. The summed E-state index contributed by atoms with van der Waals surface area (Å²) in [6.45, 7) is -0.324. The monoisotopic (exact) mass is 225 g/mol.